The summed E-state index contributed by atoms with van der Waals surface area (Å²) >= 11 is 0. The lowest BCUT2D eigenvalue weighted by atomic mass is 9.86. The molecule has 0 amide bonds. The predicted octanol–water partition coefficient (Wildman–Crippen LogP) is 1.95. The van der Waals surface area contributed by atoms with Crippen LogP contribution in [0.3, 0.4) is 0 Å². The molecule has 0 saturated carbocycles. The van der Waals surface area contributed by atoms with Gasteiger partial charge in [0.1, 0.15) is 0 Å². The first-order valence-electron chi connectivity index (χ1n) is 7.50. The number of methoxy groups -OCH3 is 1. The van der Waals surface area contributed by atoms with Gasteiger partial charge in [-0.15, -0.1) is 0 Å². The Kier molecular flexibility index (Phi) is 3.98. The van der Waals surface area contributed by atoms with E-state index >= 15 is 0 Å². The van der Waals surface area contributed by atoms with Crippen molar-refractivity contribution in [2.24, 2.45) is 11.0 Å². The maximum absolute atomic E-state index is 11.2. The van der Waals surface area contributed by atoms with Gasteiger partial charge in [0.2, 0.25) is 0 Å². The van der Waals surface area contributed by atoms with Crippen molar-refractivity contribution in [3.63, 3.8) is 0 Å². The van der Waals surface area contributed by atoms with Gasteiger partial charge in [0, 0.05) is 37.2 Å². The van der Waals surface area contributed by atoms with Gasteiger partial charge in [0.05, 0.1) is 18.1 Å². The minimum Gasteiger partial charge on any atom is -0.490 e. The second kappa shape index (κ2) is 5.92. The van der Waals surface area contributed by atoms with Gasteiger partial charge in [-0.25, -0.2) is 0 Å². The van der Waals surface area contributed by atoms with Gasteiger partial charge >= 0.3 is 5.69 Å². The molecule has 22 heavy (non-hydrogen) atoms. The molecule has 2 unspecified atom stereocenters. The number of nitro benzene ring substituents is 1. The number of benzene rings is 1. The number of hydrazone groups is 1. The zero-order chi connectivity index (χ0) is 15.7. The minimum absolute atomic E-state index is 0.00147. The van der Waals surface area contributed by atoms with E-state index in [9.17, 15) is 10.1 Å². The van der Waals surface area contributed by atoms with Crippen molar-refractivity contribution in [2.45, 2.75) is 19.4 Å². The lowest BCUT2D eigenvalue weighted by Gasteiger charge is -2.32. The average molecular weight is 304 g/mol. The van der Waals surface area contributed by atoms with Crippen LogP contribution in [0.15, 0.2) is 23.3 Å². The Bertz CT molecular complexity index is 617. The molecule has 0 aromatic heterocycles. The Morgan fingerprint density at radius 3 is 3.05 bits per heavy atom. The first kappa shape index (κ1) is 14.8. The highest BCUT2D eigenvalue weighted by atomic mass is 16.6. The summed E-state index contributed by atoms with van der Waals surface area (Å²) in [6.45, 7) is 5.13. The Balaban J connectivity index is 1.88. The lowest BCUT2D eigenvalue weighted by molar-refractivity contribution is -0.385. The van der Waals surface area contributed by atoms with Crippen LogP contribution < -0.4 is 10.2 Å². The van der Waals surface area contributed by atoms with E-state index in [4.69, 9.17) is 4.74 Å². The quantitative estimate of drug-likeness (QED) is 0.679. The van der Waals surface area contributed by atoms with Gasteiger partial charge in [0.15, 0.2) is 5.75 Å². The van der Waals surface area contributed by atoms with Crippen LogP contribution in [-0.4, -0.2) is 42.3 Å². The van der Waals surface area contributed by atoms with E-state index in [-0.39, 0.29) is 23.4 Å². The number of nitro groups is 1. The molecule has 1 N–H and O–H groups in total. The van der Waals surface area contributed by atoms with E-state index < -0.39 is 4.92 Å². The third-order valence-electron chi connectivity index (χ3n) is 4.52. The summed E-state index contributed by atoms with van der Waals surface area (Å²) < 4.78 is 5.07. The summed E-state index contributed by atoms with van der Waals surface area (Å²) in [6, 6.07) is 5.13. The third-order valence-corrected chi connectivity index (χ3v) is 4.52. The summed E-state index contributed by atoms with van der Waals surface area (Å²) in [7, 11) is 1.44. The highest BCUT2D eigenvalue weighted by Crippen LogP contribution is 2.36. The molecule has 1 saturated heterocycles. The third kappa shape index (κ3) is 2.52. The van der Waals surface area contributed by atoms with Crippen molar-refractivity contribution < 1.29 is 9.66 Å². The van der Waals surface area contributed by atoms with Crippen LogP contribution >= 0.6 is 0 Å². The summed E-state index contributed by atoms with van der Waals surface area (Å²) in [6.07, 6.45) is 0.959. The Labute approximate surface area is 129 Å². The summed E-state index contributed by atoms with van der Waals surface area (Å²) in [4.78, 5) is 13.2. The molecule has 118 valence electrons. The Morgan fingerprint density at radius 1 is 1.55 bits per heavy atom. The van der Waals surface area contributed by atoms with Gasteiger partial charge in [-0.05, 0) is 18.2 Å². The Morgan fingerprint density at radius 2 is 2.36 bits per heavy atom. The predicted molar refractivity (Wildman–Crippen MR) is 83.2 cm³/mol. The second-order valence-corrected chi connectivity index (χ2v) is 5.65. The van der Waals surface area contributed by atoms with Crippen molar-refractivity contribution in [3.8, 4) is 5.75 Å². The maximum atomic E-state index is 11.2. The van der Waals surface area contributed by atoms with Crippen LogP contribution in [0.2, 0.25) is 0 Å². The van der Waals surface area contributed by atoms with Crippen LogP contribution in [-0.2, 0) is 0 Å². The van der Waals surface area contributed by atoms with E-state index in [0.717, 1.165) is 31.6 Å². The molecule has 7 heteroatoms. The van der Waals surface area contributed by atoms with Crippen LogP contribution in [0.1, 0.15) is 24.9 Å². The molecular weight excluding hydrogens is 284 g/mol. The molecule has 2 aliphatic heterocycles. The van der Waals surface area contributed by atoms with Crippen molar-refractivity contribution in [1.82, 2.24) is 10.3 Å². The van der Waals surface area contributed by atoms with E-state index in [2.05, 4.69) is 22.4 Å². The molecule has 0 aliphatic carbocycles. The molecule has 7 nitrogen and oxygen atoms in total. The number of hydrogen-bond donors (Lipinski definition) is 1. The average Bonchev–Trinajstić information content (AvgIpc) is 2.97. The van der Waals surface area contributed by atoms with Gasteiger partial charge in [-0.1, -0.05) is 13.0 Å². The molecule has 2 aliphatic rings. The minimum atomic E-state index is -0.404. The fraction of sp³-hybridized carbons (Fsp3) is 0.533. The van der Waals surface area contributed by atoms with Crippen LogP contribution in [0.5, 0.6) is 5.75 Å². The Hall–Kier alpha value is -2.15. The number of nitrogens with zero attached hydrogens (tertiary/aromatic N) is 3. The monoisotopic (exact) mass is 304 g/mol. The number of ether oxygens (including phenoxy) is 1. The molecule has 2 heterocycles. The lowest BCUT2D eigenvalue weighted by Crippen LogP contribution is -2.41. The first-order chi connectivity index (χ1) is 10.6. The first-order valence-corrected chi connectivity index (χ1v) is 7.50. The number of hydrogen-bond acceptors (Lipinski definition) is 6. The van der Waals surface area contributed by atoms with E-state index in [0.29, 0.717) is 0 Å². The number of nitrogens with one attached hydrogen (secondary N) is 1. The zero-order valence-electron chi connectivity index (χ0n) is 12.8. The standard InChI is InChI=1S/C15H20N4O3/c1-3-18-7-6-12-11(9-18)15(17-16-12)10-4-5-14(22-2)13(8-10)19(20)21/h4-5,8,11,15,17H,3,6-7,9H2,1-2H3. The van der Waals surface area contributed by atoms with Crippen molar-refractivity contribution in [3.05, 3.63) is 33.9 Å². The highest BCUT2D eigenvalue weighted by Gasteiger charge is 2.37. The van der Waals surface area contributed by atoms with Gasteiger partial charge in [-0.3, -0.25) is 10.1 Å². The second-order valence-electron chi connectivity index (χ2n) is 5.65. The molecule has 0 spiro atoms. The fourth-order valence-electron chi connectivity index (χ4n) is 3.25. The largest absolute Gasteiger partial charge is 0.490 e. The van der Waals surface area contributed by atoms with Crippen molar-refractivity contribution in [1.29, 1.82) is 0 Å². The van der Waals surface area contributed by atoms with Crippen LogP contribution in [0.4, 0.5) is 5.69 Å². The topological polar surface area (TPSA) is 80.0 Å². The number of piperidine rings is 1. The number of rotatable bonds is 4. The number of fused-ring (bicyclic) bond motifs is 1. The van der Waals surface area contributed by atoms with Crippen molar-refractivity contribution >= 4 is 11.4 Å². The van der Waals surface area contributed by atoms with E-state index in [1.165, 1.54) is 12.8 Å². The molecule has 1 fully saturated rings. The fourth-order valence-corrected chi connectivity index (χ4v) is 3.25. The molecule has 3 rings (SSSR count). The van der Waals surface area contributed by atoms with Gasteiger partial charge in [-0.2, -0.15) is 5.10 Å². The molecule has 0 radical (unpaired) electrons. The van der Waals surface area contributed by atoms with E-state index in [1.807, 2.05) is 6.07 Å². The number of likely N-dealkylation sites (tertiary alicyclic amines) is 1. The SMILES string of the molecule is CCN1CCC2=NNC(c3ccc(OC)c([N+](=O)[O-])c3)C2C1. The molecule has 1 aromatic carbocycles. The summed E-state index contributed by atoms with van der Waals surface area (Å²) in [5.74, 6) is 0.563. The normalized spacial score (nSPS) is 24.4. The molecular formula is C15H20N4O3. The van der Waals surface area contributed by atoms with Crippen molar-refractivity contribution in [2.75, 3.05) is 26.7 Å². The summed E-state index contributed by atoms with van der Waals surface area (Å²) in [5.41, 5.74) is 5.22. The summed E-state index contributed by atoms with van der Waals surface area (Å²) in [5, 5.41) is 15.6. The van der Waals surface area contributed by atoms with Crippen LogP contribution in [0, 0.1) is 16.0 Å². The molecule has 2 atom stereocenters. The van der Waals surface area contributed by atoms with Gasteiger partial charge in [0.25, 0.3) is 0 Å². The maximum Gasteiger partial charge on any atom is 0.311 e. The molecule has 1 aromatic rings. The van der Waals surface area contributed by atoms with Gasteiger partial charge < -0.3 is 15.1 Å². The zero-order valence-corrected chi connectivity index (χ0v) is 12.8. The molecule has 0 bridgehead atoms. The van der Waals surface area contributed by atoms with E-state index in [1.54, 1.807) is 12.1 Å². The smallest absolute Gasteiger partial charge is 0.311 e. The highest BCUT2D eigenvalue weighted by molar-refractivity contribution is 5.90. The van der Waals surface area contributed by atoms with Crippen LogP contribution in [0.25, 0.3) is 0 Å².